The zero-order chi connectivity index (χ0) is 42.8. The van der Waals surface area contributed by atoms with E-state index in [1.165, 1.54) is 18.6 Å². The van der Waals surface area contributed by atoms with E-state index in [2.05, 4.69) is 89.7 Å². The molecule has 0 N–H and O–H groups in total. The van der Waals surface area contributed by atoms with Crippen molar-refractivity contribution in [3.8, 4) is 11.5 Å². The molecular formula is C45H67N7O6. The van der Waals surface area contributed by atoms with Gasteiger partial charge in [0, 0.05) is 37.5 Å². The van der Waals surface area contributed by atoms with Crippen molar-refractivity contribution in [2.75, 3.05) is 31.7 Å². The smallest absolute Gasteiger partial charge is 0.303 e. The van der Waals surface area contributed by atoms with Crippen molar-refractivity contribution in [3.05, 3.63) is 74.3 Å². The van der Waals surface area contributed by atoms with Crippen molar-refractivity contribution in [1.82, 2.24) is 0 Å². The maximum Gasteiger partial charge on any atom is 0.303 e. The van der Waals surface area contributed by atoms with Gasteiger partial charge in [0.2, 0.25) is 0 Å². The van der Waals surface area contributed by atoms with Crippen LogP contribution in [0.3, 0.4) is 0 Å². The number of nitro benzene ring substituents is 2. The molecule has 0 aromatic heterocycles. The summed E-state index contributed by atoms with van der Waals surface area (Å²) in [7, 11) is 2.12. The van der Waals surface area contributed by atoms with Crippen molar-refractivity contribution >= 4 is 39.8 Å². The fourth-order valence-corrected chi connectivity index (χ4v) is 6.89. The highest BCUT2D eigenvalue weighted by Crippen LogP contribution is 2.43. The molecule has 0 fully saturated rings. The van der Waals surface area contributed by atoms with Crippen LogP contribution in [0.2, 0.25) is 0 Å². The van der Waals surface area contributed by atoms with Gasteiger partial charge in [0.25, 0.3) is 5.69 Å². The topological polar surface area (TPSA) is 157 Å². The third kappa shape index (κ3) is 15.4. The SMILES string of the molecule is CCCCC(CC)COc1cc(N=Nc2ccc([N+](=O)[O-])cc2[N+](=O)[O-])c(OCC(CC)CCCC)cc1N=Nc1ccc(N(C)CCC(C)CC(C)(C)C)cc1C. The number of hydrogen-bond donors (Lipinski definition) is 0. The summed E-state index contributed by atoms with van der Waals surface area (Å²) in [5, 5.41) is 41.3. The van der Waals surface area contributed by atoms with E-state index in [-0.39, 0.29) is 11.4 Å². The second kappa shape index (κ2) is 23.5. The van der Waals surface area contributed by atoms with Gasteiger partial charge in [-0.05, 0) is 85.6 Å². The zero-order valence-electron chi connectivity index (χ0n) is 36.6. The van der Waals surface area contributed by atoms with E-state index in [4.69, 9.17) is 19.7 Å². The maximum atomic E-state index is 11.9. The van der Waals surface area contributed by atoms with Crippen molar-refractivity contribution < 1.29 is 19.3 Å². The largest absolute Gasteiger partial charge is 0.491 e. The average Bonchev–Trinajstić information content (AvgIpc) is 3.18. The van der Waals surface area contributed by atoms with Crippen molar-refractivity contribution in [2.45, 2.75) is 127 Å². The van der Waals surface area contributed by atoms with E-state index in [1.807, 2.05) is 13.0 Å². The van der Waals surface area contributed by atoms with Crippen LogP contribution in [0.4, 0.5) is 39.8 Å². The molecule has 0 saturated heterocycles. The van der Waals surface area contributed by atoms with E-state index in [0.29, 0.717) is 53.6 Å². The van der Waals surface area contributed by atoms with Crippen LogP contribution in [0, 0.1) is 50.3 Å². The molecule has 13 heteroatoms. The third-order valence-corrected chi connectivity index (χ3v) is 10.5. The van der Waals surface area contributed by atoms with Gasteiger partial charge in [-0.1, -0.05) is 93.9 Å². The first-order valence-corrected chi connectivity index (χ1v) is 21.1. The second-order valence-corrected chi connectivity index (χ2v) is 16.9. The van der Waals surface area contributed by atoms with Gasteiger partial charge in [0.1, 0.15) is 22.9 Å². The fraction of sp³-hybridized carbons (Fsp3) is 0.600. The summed E-state index contributed by atoms with van der Waals surface area (Å²) in [5.74, 6) is 2.04. The van der Waals surface area contributed by atoms with Crippen LogP contribution in [0.15, 0.2) is 69.0 Å². The number of hydrogen-bond acceptors (Lipinski definition) is 11. The van der Waals surface area contributed by atoms with Gasteiger partial charge in [0.15, 0.2) is 5.69 Å². The van der Waals surface area contributed by atoms with Gasteiger partial charge in [-0.3, -0.25) is 20.2 Å². The number of nitro groups is 2. The lowest BCUT2D eigenvalue weighted by Crippen LogP contribution is -2.22. The van der Waals surface area contributed by atoms with Gasteiger partial charge in [-0.2, -0.15) is 5.11 Å². The number of aryl methyl sites for hydroxylation is 1. The Balaban J connectivity index is 2.08. The number of ether oxygens (including phenoxy) is 2. The molecule has 0 saturated carbocycles. The van der Waals surface area contributed by atoms with Crippen molar-refractivity contribution in [2.24, 2.45) is 43.6 Å². The van der Waals surface area contributed by atoms with Gasteiger partial charge < -0.3 is 14.4 Å². The molecule has 3 unspecified atom stereocenters. The Labute approximate surface area is 346 Å². The van der Waals surface area contributed by atoms with E-state index >= 15 is 0 Å². The van der Waals surface area contributed by atoms with E-state index in [1.54, 1.807) is 12.1 Å². The summed E-state index contributed by atoms with van der Waals surface area (Å²) in [4.78, 5) is 24.1. The standard InChI is InChI=1S/C45H67N7O6/c1-11-15-17-34(13-3)30-57-43-28-41(49-47-39-22-20-37(51(53)54)26-42(39)52(55)56)44(58-31-35(14-4)18-16-12-2)27-40(43)48-46-38-21-19-36(25-33(38)6)50(10)24-23-32(5)29-45(7,8)9/h19-22,25-28,32,34-35H,11-18,23-24,29-31H2,1-10H3. The molecule has 0 aliphatic rings. The molecule has 0 heterocycles. The molecule has 3 aromatic carbocycles. The number of non-ortho nitro benzene ring substituents is 1. The molecule has 0 spiro atoms. The predicted octanol–water partition coefficient (Wildman–Crippen LogP) is 14.7. The van der Waals surface area contributed by atoms with Crippen LogP contribution in [0.1, 0.15) is 125 Å². The summed E-state index contributed by atoms with van der Waals surface area (Å²) in [6.45, 7) is 21.7. The number of benzene rings is 3. The van der Waals surface area contributed by atoms with Crippen LogP contribution in [0.5, 0.6) is 11.5 Å². The minimum atomic E-state index is -0.710. The molecule has 58 heavy (non-hydrogen) atoms. The first kappa shape index (κ1) is 47.4. The number of azo groups is 2. The molecule has 0 bridgehead atoms. The number of rotatable bonds is 25. The Bertz CT molecular complexity index is 1840. The Morgan fingerprint density at radius 2 is 1.22 bits per heavy atom. The quantitative estimate of drug-likeness (QED) is 0.0468. The van der Waals surface area contributed by atoms with E-state index in [9.17, 15) is 20.2 Å². The molecule has 318 valence electrons. The first-order valence-electron chi connectivity index (χ1n) is 21.1. The number of nitrogens with zero attached hydrogens (tertiary/aromatic N) is 7. The van der Waals surface area contributed by atoms with E-state index in [0.717, 1.165) is 87.3 Å². The number of unbranched alkanes of at least 4 members (excludes halogenated alkanes) is 2. The highest BCUT2D eigenvalue weighted by Gasteiger charge is 2.22. The molecule has 3 aromatic rings. The Hall–Kier alpha value is -4.94. The van der Waals surface area contributed by atoms with Crippen molar-refractivity contribution in [3.63, 3.8) is 0 Å². The van der Waals surface area contributed by atoms with Gasteiger partial charge in [-0.25, -0.2) is 0 Å². The molecule has 0 aliphatic heterocycles. The molecule has 0 aliphatic carbocycles. The normalized spacial score (nSPS) is 13.5. The maximum absolute atomic E-state index is 11.9. The lowest BCUT2D eigenvalue weighted by Gasteiger charge is -2.26. The Kier molecular flexibility index (Phi) is 19.2. The molecule has 0 radical (unpaired) electrons. The molecule has 3 atom stereocenters. The lowest BCUT2D eigenvalue weighted by atomic mass is 9.84. The number of anilines is 1. The highest BCUT2D eigenvalue weighted by atomic mass is 16.6. The summed E-state index contributed by atoms with van der Waals surface area (Å²) in [5.41, 5.74) is 2.80. The molecular weight excluding hydrogens is 735 g/mol. The van der Waals surface area contributed by atoms with Gasteiger partial charge in [0.05, 0.1) is 34.8 Å². The third-order valence-electron chi connectivity index (χ3n) is 10.5. The molecule has 0 amide bonds. The van der Waals surface area contributed by atoms with Crippen LogP contribution in [-0.2, 0) is 0 Å². The van der Waals surface area contributed by atoms with Gasteiger partial charge in [-0.15, -0.1) is 15.3 Å². The van der Waals surface area contributed by atoms with Crippen LogP contribution >= 0.6 is 0 Å². The fourth-order valence-electron chi connectivity index (χ4n) is 6.89. The molecule has 13 nitrogen and oxygen atoms in total. The summed E-state index contributed by atoms with van der Waals surface area (Å²) < 4.78 is 12.9. The minimum absolute atomic E-state index is 0.128. The Morgan fingerprint density at radius 3 is 1.69 bits per heavy atom. The molecule has 3 rings (SSSR count). The Morgan fingerprint density at radius 1 is 0.707 bits per heavy atom. The summed E-state index contributed by atoms with van der Waals surface area (Å²) >= 11 is 0. The van der Waals surface area contributed by atoms with Crippen LogP contribution < -0.4 is 14.4 Å². The average molecular weight is 802 g/mol. The highest BCUT2D eigenvalue weighted by molar-refractivity contribution is 5.68. The monoisotopic (exact) mass is 802 g/mol. The second-order valence-electron chi connectivity index (χ2n) is 16.9. The van der Waals surface area contributed by atoms with Crippen molar-refractivity contribution in [1.29, 1.82) is 0 Å². The predicted molar refractivity (Wildman–Crippen MR) is 234 cm³/mol. The van der Waals surface area contributed by atoms with E-state index < -0.39 is 21.2 Å². The summed E-state index contributed by atoms with van der Waals surface area (Å²) in [6.07, 6.45) is 10.5. The lowest BCUT2D eigenvalue weighted by molar-refractivity contribution is -0.393. The summed E-state index contributed by atoms with van der Waals surface area (Å²) in [6, 6.07) is 12.9. The van der Waals surface area contributed by atoms with Gasteiger partial charge >= 0.3 is 5.69 Å². The van der Waals surface area contributed by atoms with Crippen LogP contribution in [0.25, 0.3) is 0 Å². The first-order chi connectivity index (χ1) is 27.6. The minimum Gasteiger partial charge on any atom is -0.491 e. The van der Waals surface area contributed by atoms with Crippen LogP contribution in [-0.4, -0.2) is 36.7 Å². The zero-order valence-corrected chi connectivity index (χ0v) is 36.6.